The highest BCUT2D eigenvalue weighted by atomic mass is 79.9. The van der Waals surface area contributed by atoms with E-state index in [1.807, 2.05) is 24.4 Å². The summed E-state index contributed by atoms with van der Waals surface area (Å²) in [5.41, 5.74) is 4.30. The Balaban J connectivity index is 1.68. The van der Waals surface area contributed by atoms with Crippen molar-refractivity contribution in [3.63, 3.8) is 0 Å². The number of hydrogen-bond acceptors (Lipinski definition) is 2. The van der Waals surface area contributed by atoms with Gasteiger partial charge in [-0.2, -0.15) is 5.10 Å². The van der Waals surface area contributed by atoms with Crippen LogP contribution in [0.3, 0.4) is 0 Å². The Hall–Kier alpha value is -1.60. The maximum absolute atomic E-state index is 6.24. The predicted octanol–water partition coefficient (Wildman–Crippen LogP) is 6.43. The fraction of sp³-hybridized carbons (Fsp3) is 0.158. The molecule has 0 aliphatic heterocycles. The van der Waals surface area contributed by atoms with E-state index in [0.29, 0.717) is 27.5 Å². The average molecular weight is 484 g/mol. The molecule has 140 valence electrons. The van der Waals surface area contributed by atoms with Gasteiger partial charge in [0.05, 0.1) is 11.0 Å². The molecule has 0 spiro atoms. The van der Waals surface area contributed by atoms with Crippen molar-refractivity contribution in [3.8, 4) is 0 Å². The molecule has 0 saturated carbocycles. The van der Waals surface area contributed by atoms with E-state index in [9.17, 15) is 0 Å². The second-order valence-corrected chi connectivity index (χ2v) is 8.24. The number of hydrogen-bond donors (Lipinski definition) is 2. The number of benzene rings is 2. The molecule has 0 saturated heterocycles. The summed E-state index contributed by atoms with van der Waals surface area (Å²) < 4.78 is 2.58. The van der Waals surface area contributed by atoms with Gasteiger partial charge in [0.2, 0.25) is 0 Å². The van der Waals surface area contributed by atoms with Crippen molar-refractivity contribution in [2.45, 2.75) is 20.4 Å². The Bertz CT molecular complexity index is 1000. The van der Waals surface area contributed by atoms with Crippen LogP contribution in [0.1, 0.15) is 16.7 Å². The summed E-state index contributed by atoms with van der Waals surface area (Å²) in [4.78, 5) is 0. The van der Waals surface area contributed by atoms with Crippen LogP contribution in [-0.4, -0.2) is 14.9 Å². The van der Waals surface area contributed by atoms with E-state index in [-0.39, 0.29) is 0 Å². The van der Waals surface area contributed by atoms with Crippen LogP contribution in [-0.2, 0) is 6.54 Å². The van der Waals surface area contributed by atoms with Crippen LogP contribution in [0.2, 0.25) is 10.0 Å². The molecule has 27 heavy (non-hydrogen) atoms. The molecule has 4 nitrogen and oxygen atoms in total. The largest absolute Gasteiger partial charge is 0.332 e. The van der Waals surface area contributed by atoms with E-state index in [1.54, 1.807) is 10.7 Å². The van der Waals surface area contributed by atoms with E-state index >= 15 is 0 Å². The van der Waals surface area contributed by atoms with Crippen molar-refractivity contribution in [3.05, 3.63) is 73.8 Å². The van der Waals surface area contributed by atoms with Gasteiger partial charge >= 0.3 is 0 Å². The molecule has 0 aliphatic carbocycles. The average Bonchev–Trinajstić information content (AvgIpc) is 2.93. The third kappa shape index (κ3) is 5.23. The fourth-order valence-electron chi connectivity index (χ4n) is 2.48. The normalized spacial score (nSPS) is 10.7. The van der Waals surface area contributed by atoms with Crippen LogP contribution >= 0.6 is 51.3 Å². The molecular weight excluding hydrogens is 467 g/mol. The highest BCUT2D eigenvalue weighted by Gasteiger charge is 2.10. The fourth-order valence-corrected chi connectivity index (χ4v) is 3.57. The van der Waals surface area contributed by atoms with E-state index in [1.165, 1.54) is 11.1 Å². The summed E-state index contributed by atoms with van der Waals surface area (Å²) >= 11 is 21.1. The van der Waals surface area contributed by atoms with Gasteiger partial charge in [0.25, 0.3) is 0 Å². The van der Waals surface area contributed by atoms with Gasteiger partial charge in [-0.15, -0.1) is 0 Å². The Labute approximate surface area is 182 Å². The Kier molecular flexibility index (Phi) is 6.42. The molecule has 8 heteroatoms. The molecule has 0 bridgehead atoms. The lowest BCUT2D eigenvalue weighted by molar-refractivity contribution is 0.690. The maximum atomic E-state index is 6.24. The maximum Gasteiger partial charge on any atom is 0.176 e. The Morgan fingerprint density at radius 2 is 1.89 bits per heavy atom. The standard InChI is InChI=1S/C19H17BrCl2N4S/c1-11-3-6-15(7-12(11)2)23-19(27)24-18-16(20)10-26(25-18)9-13-4-5-14(21)8-17(13)22/h3-8,10H,9H2,1-2H3,(H2,23,24,25,27). The molecule has 0 unspecified atom stereocenters. The third-order valence-corrected chi connectivity index (χ3v) is 5.43. The van der Waals surface area contributed by atoms with E-state index in [2.05, 4.69) is 57.6 Å². The minimum Gasteiger partial charge on any atom is -0.332 e. The number of thiocarbonyl (C=S) groups is 1. The zero-order valence-corrected chi connectivity index (χ0v) is 18.6. The van der Waals surface area contributed by atoms with E-state index in [4.69, 9.17) is 35.4 Å². The van der Waals surface area contributed by atoms with Gasteiger partial charge in [-0.25, -0.2) is 0 Å². The number of anilines is 2. The first-order valence-corrected chi connectivity index (χ1v) is 10.1. The predicted molar refractivity (Wildman–Crippen MR) is 121 cm³/mol. The van der Waals surface area contributed by atoms with Crippen molar-refractivity contribution in [1.29, 1.82) is 0 Å². The second kappa shape index (κ2) is 8.61. The molecule has 3 rings (SSSR count). The Morgan fingerprint density at radius 1 is 1.11 bits per heavy atom. The number of halogens is 3. The van der Waals surface area contributed by atoms with Gasteiger partial charge < -0.3 is 10.6 Å². The summed E-state index contributed by atoms with van der Waals surface area (Å²) in [6.07, 6.45) is 1.87. The van der Waals surface area contributed by atoms with Crippen molar-refractivity contribution in [2.75, 3.05) is 10.6 Å². The summed E-state index contributed by atoms with van der Waals surface area (Å²) in [6.45, 7) is 4.66. The molecule has 1 aromatic heterocycles. The molecule has 0 atom stereocenters. The SMILES string of the molecule is Cc1ccc(NC(=S)Nc2nn(Cc3ccc(Cl)cc3Cl)cc2Br)cc1C. The number of nitrogens with zero attached hydrogens (tertiary/aromatic N) is 2. The minimum absolute atomic E-state index is 0.466. The van der Waals surface area contributed by atoms with Gasteiger partial charge in [0.1, 0.15) is 0 Å². The van der Waals surface area contributed by atoms with Gasteiger partial charge in [-0.05, 0) is 83.0 Å². The summed E-state index contributed by atoms with van der Waals surface area (Å²) in [5, 5.41) is 12.5. The molecule has 2 N–H and O–H groups in total. The van der Waals surface area contributed by atoms with Crippen LogP contribution in [0.15, 0.2) is 47.1 Å². The summed E-state index contributed by atoms with van der Waals surface area (Å²) in [5.74, 6) is 0.626. The zero-order chi connectivity index (χ0) is 19.6. The van der Waals surface area contributed by atoms with Crippen molar-refractivity contribution < 1.29 is 0 Å². The first-order chi connectivity index (χ1) is 12.8. The number of nitrogens with one attached hydrogen (secondary N) is 2. The van der Waals surface area contributed by atoms with Crippen molar-refractivity contribution >= 4 is 68.0 Å². The van der Waals surface area contributed by atoms with Crippen LogP contribution in [0.5, 0.6) is 0 Å². The lowest BCUT2D eigenvalue weighted by Gasteiger charge is -2.10. The number of aryl methyl sites for hydroxylation is 2. The van der Waals surface area contributed by atoms with E-state index in [0.717, 1.165) is 15.7 Å². The lowest BCUT2D eigenvalue weighted by atomic mass is 10.1. The van der Waals surface area contributed by atoms with Crippen molar-refractivity contribution in [2.24, 2.45) is 0 Å². The van der Waals surface area contributed by atoms with Crippen LogP contribution in [0.4, 0.5) is 11.5 Å². The highest BCUT2D eigenvalue weighted by molar-refractivity contribution is 9.10. The molecule has 0 radical (unpaired) electrons. The van der Waals surface area contributed by atoms with Crippen LogP contribution in [0, 0.1) is 13.8 Å². The zero-order valence-electron chi connectivity index (χ0n) is 14.7. The van der Waals surface area contributed by atoms with Crippen molar-refractivity contribution in [1.82, 2.24) is 9.78 Å². The van der Waals surface area contributed by atoms with Crippen LogP contribution < -0.4 is 10.6 Å². The molecule has 2 aromatic carbocycles. The van der Waals surface area contributed by atoms with Crippen LogP contribution in [0.25, 0.3) is 0 Å². The second-order valence-electron chi connectivity index (χ2n) is 6.14. The van der Waals surface area contributed by atoms with Gasteiger partial charge in [-0.3, -0.25) is 4.68 Å². The summed E-state index contributed by atoms with van der Waals surface area (Å²) in [6, 6.07) is 11.5. The minimum atomic E-state index is 0.466. The monoisotopic (exact) mass is 482 g/mol. The van der Waals surface area contributed by atoms with Gasteiger partial charge in [-0.1, -0.05) is 35.3 Å². The molecule has 1 heterocycles. The smallest absolute Gasteiger partial charge is 0.176 e. The molecule has 0 aliphatic rings. The molecule has 0 fully saturated rings. The molecule has 3 aromatic rings. The van der Waals surface area contributed by atoms with Gasteiger partial charge in [0, 0.05) is 21.9 Å². The third-order valence-electron chi connectivity index (χ3n) is 4.06. The molecule has 0 amide bonds. The topological polar surface area (TPSA) is 41.9 Å². The first kappa shape index (κ1) is 20.1. The number of rotatable bonds is 4. The van der Waals surface area contributed by atoms with Gasteiger partial charge in [0.15, 0.2) is 10.9 Å². The molecular formula is C19H17BrCl2N4S. The quantitative estimate of drug-likeness (QED) is 0.419. The first-order valence-electron chi connectivity index (χ1n) is 8.14. The highest BCUT2D eigenvalue weighted by Crippen LogP contribution is 2.25. The van der Waals surface area contributed by atoms with E-state index < -0.39 is 0 Å². The number of aromatic nitrogens is 2. The lowest BCUT2D eigenvalue weighted by Crippen LogP contribution is -2.20. The Morgan fingerprint density at radius 3 is 2.59 bits per heavy atom. The summed E-state index contributed by atoms with van der Waals surface area (Å²) in [7, 11) is 0.